The van der Waals surface area contributed by atoms with Gasteiger partial charge in [0.1, 0.15) is 5.69 Å². The molecular formula is C14H18N4O. The maximum atomic E-state index is 12.3. The fourth-order valence-electron chi connectivity index (χ4n) is 1.71. The van der Waals surface area contributed by atoms with Crippen LogP contribution in [0.5, 0.6) is 0 Å². The predicted octanol–water partition coefficient (Wildman–Crippen LogP) is 1.99. The zero-order valence-electron chi connectivity index (χ0n) is 11.3. The number of aromatic nitrogens is 2. The lowest BCUT2D eigenvalue weighted by Crippen LogP contribution is -2.36. The second kappa shape index (κ2) is 5.22. The molecule has 0 aliphatic heterocycles. The molecule has 1 aromatic carbocycles. The summed E-state index contributed by atoms with van der Waals surface area (Å²) in [5.74, 6) is 0.252. The topological polar surface area (TPSA) is 80.9 Å². The minimum absolute atomic E-state index is 0.0717. The van der Waals surface area contributed by atoms with E-state index in [1.807, 2.05) is 31.2 Å². The molecule has 2 aromatic rings. The molecule has 1 aromatic heterocycles. The number of para-hydroxylation sites is 1. The van der Waals surface area contributed by atoms with E-state index in [-0.39, 0.29) is 17.9 Å². The molecule has 19 heavy (non-hydrogen) atoms. The number of hydrogen-bond acceptors (Lipinski definition) is 4. The molecule has 0 saturated carbocycles. The summed E-state index contributed by atoms with van der Waals surface area (Å²) < 4.78 is 0. The summed E-state index contributed by atoms with van der Waals surface area (Å²) in [4.78, 5) is 20.5. The number of carbonyl (C=O) groups excluding carboxylic acids is 1. The van der Waals surface area contributed by atoms with Crippen LogP contribution in [-0.2, 0) is 0 Å². The Balaban J connectivity index is 2.41. The molecule has 5 heteroatoms. The normalized spacial score (nSPS) is 12.6. The third-order valence-corrected chi connectivity index (χ3v) is 3.19. The standard InChI is InChI=1S/C14H18N4O/c1-8(2)9(3)16-13(19)12-10-6-4-5-7-11(10)17-14(15)18-12/h4-9H,1-3H3,(H,16,19)(H2,15,17,18). The number of hydrogen-bond donors (Lipinski definition) is 2. The fraction of sp³-hybridized carbons (Fsp3) is 0.357. The van der Waals surface area contributed by atoms with Gasteiger partial charge in [0.15, 0.2) is 0 Å². The number of benzene rings is 1. The van der Waals surface area contributed by atoms with Crippen molar-refractivity contribution in [2.24, 2.45) is 5.92 Å². The van der Waals surface area contributed by atoms with Gasteiger partial charge in [-0.2, -0.15) is 0 Å². The molecule has 0 aliphatic rings. The van der Waals surface area contributed by atoms with Crippen molar-refractivity contribution in [2.45, 2.75) is 26.8 Å². The maximum Gasteiger partial charge on any atom is 0.270 e. The quantitative estimate of drug-likeness (QED) is 0.882. The van der Waals surface area contributed by atoms with Gasteiger partial charge in [-0.25, -0.2) is 9.97 Å². The van der Waals surface area contributed by atoms with Crippen molar-refractivity contribution in [3.8, 4) is 0 Å². The molecule has 1 heterocycles. The Labute approximate surface area is 112 Å². The molecule has 1 atom stereocenters. The van der Waals surface area contributed by atoms with Crippen LogP contribution in [-0.4, -0.2) is 21.9 Å². The minimum atomic E-state index is -0.216. The Morgan fingerprint density at radius 2 is 1.89 bits per heavy atom. The highest BCUT2D eigenvalue weighted by molar-refractivity contribution is 6.04. The number of nitrogens with one attached hydrogen (secondary N) is 1. The largest absolute Gasteiger partial charge is 0.368 e. The van der Waals surface area contributed by atoms with Crippen LogP contribution in [0.4, 0.5) is 5.95 Å². The molecule has 0 radical (unpaired) electrons. The number of rotatable bonds is 3. The van der Waals surface area contributed by atoms with Crippen molar-refractivity contribution in [1.82, 2.24) is 15.3 Å². The summed E-state index contributed by atoms with van der Waals surface area (Å²) in [5.41, 5.74) is 6.66. The second-order valence-electron chi connectivity index (χ2n) is 4.95. The highest BCUT2D eigenvalue weighted by Crippen LogP contribution is 2.16. The summed E-state index contributed by atoms with van der Waals surface area (Å²) in [6, 6.07) is 7.42. The van der Waals surface area contributed by atoms with Crippen molar-refractivity contribution in [3.05, 3.63) is 30.0 Å². The van der Waals surface area contributed by atoms with E-state index in [9.17, 15) is 4.79 Å². The molecule has 0 bridgehead atoms. The third-order valence-electron chi connectivity index (χ3n) is 3.19. The van der Waals surface area contributed by atoms with Gasteiger partial charge in [0, 0.05) is 11.4 Å². The lowest BCUT2D eigenvalue weighted by Gasteiger charge is -2.17. The van der Waals surface area contributed by atoms with Crippen molar-refractivity contribution in [3.63, 3.8) is 0 Å². The van der Waals surface area contributed by atoms with Crippen LogP contribution in [0, 0.1) is 5.92 Å². The first-order valence-corrected chi connectivity index (χ1v) is 6.32. The van der Waals surface area contributed by atoms with Gasteiger partial charge >= 0.3 is 0 Å². The molecule has 0 saturated heterocycles. The molecule has 2 rings (SSSR count). The Kier molecular flexibility index (Phi) is 3.64. The molecule has 100 valence electrons. The van der Waals surface area contributed by atoms with Gasteiger partial charge in [0.2, 0.25) is 5.95 Å². The summed E-state index contributed by atoms with van der Waals surface area (Å²) >= 11 is 0. The van der Waals surface area contributed by atoms with E-state index < -0.39 is 0 Å². The van der Waals surface area contributed by atoms with Crippen molar-refractivity contribution < 1.29 is 4.79 Å². The zero-order chi connectivity index (χ0) is 14.0. The molecule has 0 spiro atoms. The molecule has 1 amide bonds. The van der Waals surface area contributed by atoms with Gasteiger partial charge < -0.3 is 11.1 Å². The summed E-state index contributed by atoms with van der Waals surface area (Å²) in [6.45, 7) is 6.07. The number of nitrogens with two attached hydrogens (primary N) is 1. The van der Waals surface area contributed by atoms with Crippen molar-refractivity contribution >= 4 is 22.8 Å². The lowest BCUT2D eigenvalue weighted by atomic mass is 10.1. The maximum absolute atomic E-state index is 12.3. The first-order chi connectivity index (χ1) is 8.99. The van der Waals surface area contributed by atoms with Gasteiger partial charge in [-0.3, -0.25) is 4.79 Å². The van der Waals surface area contributed by atoms with Crippen LogP contribution in [0.15, 0.2) is 24.3 Å². The Morgan fingerprint density at radius 1 is 1.21 bits per heavy atom. The van der Waals surface area contributed by atoms with E-state index in [0.717, 1.165) is 0 Å². The van der Waals surface area contributed by atoms with E-state index >= 15 is 0 Å². The summed E-state index contributed by atoms with van der Waals surface area (Å²) in [7, 11) is 0. The van der Waals surface area contributed by atoms with Crippen LogP contribution in [0.2, 0.25) is 0 Å². The van der Waals surface area contributed by atoms with Crippen LogP contribution in [0.25, 0.3) is 10.9 Å². The minimum Gasteiger partial charge on any atom is -0.368 e. The Bertz CT molecular complexity index is 609. The molecule has 5 nitrogen and oxygen atoms in total. The summed E-state index contributed by atoms with van der Waals surface area (Å²) in [5, 5.41) is 3.64. The highest BCUT2D eigenvalue weighted by atomic mass is 16.1. The number of nitrogens with zero attached hydrogens (tertiary/aromatic N) is 2. The average Bonchev–Trinajstić information content (AvgIpc) is 2.37. The second-order valence-corrected chi connectivity index (χ2v) is 4.95. The number of anilines is 1. The highest BCUT2D eigenvalue weighted by Gasteiger charge is 2.17. The SMILES string of the molecule is CC(C)C(C)NC(=O)c1nc(N)nc2ccccc12. The van der Waals surface area contributed by atoms with Crippen molar-refractivity contribution in [1.29, 1.82) is 0 Å². The first kappa shape index (κ1) is 13.3. The molecule has 3 N–H and O–H groups in total. The Morgan fingerprint density at radius 3 is 2.58 bits per heavy atom. The van der Waals surface area contributed by atoms with E-state index in [1.54, 1.807) is 0 Å². The van der Waals surface area contributed by atoms with Gasteiger partial charge in [0.05, 0.1) is 5.52 Å². The number of carbonyl (C=O) groups is 1. The first-order valence-electron chi connectivity index (χ1n) is 6.32. The van der Waals surface area contributed by atoms with E-state index in [4.69, 9.17) is 5.73 Å². The van der Waals surface area contributed by atoms with E-state index in [2.05, 4.69) is 29.1 Å². The molecule has 0 aliphatic carbocycles. The van der Waals surface area contributed by atoms with E-state index in [1.165, 1.54) is 0 Å². The predicted molar refractivity (Wildman–Crippen MR) is 75.7 cm³/mol. The smallest absolute Gasteiger partial charge is 0.270 e. The Hall–Kier alpha value is -2.17. The zero-order valence-corrected chi connectivity index (χ0v) is 11.3. The fourth-order valence-corrected chi connectivity index (χ4v) is 1.71. The number of nitrogen functional groups attached to an aromatic ring is 1. The molecule has 0 fully saturated rings. The van der Waals surface area contributed by atoms with Gasteiger partial charge in [-0.05, 0) is 18.9 Å². The number of amides is 1. The van der Waals surface area contributed by atoms with Gasteiger partial charge in [-0.1, -0.05) is 32.0 Å². The van der Waals surface area contributed by atoms with Crippen LogP contribution < -0.4 is 11.1 Å². The number of fused-ring (bicyclic) bond motifs is 1. The van der Waals surface area contributed by atoms with E-state index in [0.29, 0.717) is 22.5 Å². The summed E-state index contributed by atoms with van der Waals surface area (Å²) in [6.07, 6.45) is 0. The van der Waals surface area contributed by atoms with Crippen LogP contribution in [0.3, 0.4) is 0 Å². The average molecular weight is 258 g/mol. The van der Waals surface area contributed by atoms with Gasteiger partial charge in [-0.15, -0.1) is 0 Å². The van der Waals surface area contributed by atoms with Crippen LogP contribution >= 0.6 is 0 Å². The van der Waals surface area contributed by atoms with Crippen molar-refractivity contribution in [2.75, 3.05) is 5.73 Å². The molecule has 1 unspecified atom stereocenters. The molecular weight excluding hydrogens is 240 g/mol. The van der Waals surface area contributed by atoms with Crippen LogP contribution in [0.1, 0.15) is 31.3 Å². The lowest BCUT2D eigenvalue weighted by molar-refractivity contribution is 0.0927. The monoisotopic (exact) mass is 258 g/mol. The van der Waals surface area contributed by atoms with Gasteiger partial charge in [0.25, 0.3) is 5.91 Å². The third kappa shape index (κ3) is 2.81.